The van der Waals surface area contributed by atoms with E-state index in [1.54, 1.807) is 0 Å². The second-order valence-corrected chi connectivity index (χ2v) is 6.26. The van der Waals surface area contributed by atoms with Gasteiger partial charge in [-0.3, -0.25) is 15.0 Å². The third-order valence-corrected chi connectivity index (χ3v) is 4.85. The molecule has 3 heterocycles. The topological polar surface area (TPSA) is 70.2 Å². The van der Waals surface area contributed by atoms with Crippen molar-refractivity contribution < 1.29 is 4.79 Å². The van der Waals surface area contributed by atoms with Gasteiger partial charge in [0.2, 0.25) is 11.0 Å². The fourth-order valence-electron chi connectivity index (χ4n) is 3.18. The number of amides is 1. The van der Waals surface area contributed by atoms with E-state index in [1.165, 1.54) is 11.5 Å². The van der Waals surface area contributed by atoms with Crippen molar-refractivity contribution in [3.63, 3.8) is 0 Å². The Balaban J connectivity index is 1.63. The van der Waals surface area contributed by atoms with Gasteiger partial charge in [-0.15, -0.1) is 0 Å². The molecule has 2 fully saturated rings. The Morgan fingerprint density at radius 3 is 2.90 bits per heavy atom. The van der Waals surface area contributed by atoms with Gasteiger partial charge in [0.05, 0.1) is 6.04 Å². The van der Waals surface area contributed by atoms with E-state index in [0.717, 1.165) is 45.3 Å². The summed E-state index contributed by atoms with van der Waals surface area (Å²) in [4.78, 5) is 19.0. The number of carbonyl (C=O) groups excluding carboxylic acids is 1. The molecule has 0 radical (unpaired) electrons. The summed E-state index contributed by atoms with van der Waals surface area (Å²) >= 11 is 1.25. The minimum absolute atomic E-state index is 0.00214. The first-order valence-corrected chi connectivity index (χ1v) is 8.09. The molecular formula is C13H21N5OS. The number of hydrogen-bond donors (Lipinski definition) is 2. The van der Waals surface area contributed by atoms with E-state index in [-0.39, 0.29) is 11.9 Å². The van der Waals surface area contributed by atoms with E-state index in [2.05, 4.69) is 24.9 Å². The zero-order valence-corrected chi connectivity index (χ0v) is 12.6. The maximum Gasteiger partial charge on any atom is 0.243 e. The SMILES string of the molecule is Cc1nsc(NC(=O)C2CCCN2C2CCNCC2)n1. The minimum atomic E-state index is 0.00214. The number of nitrogens with zero attached hydrogens (tertiary/aromatic N) is 3. The number of nitrogens with one attached hydrogen (secondary N) is 2. The smallest absolute Gasteiger partial charge is 0.243 e. The zero-order valence-electron chi connectivity index (χ0n) is 11.8. The molecule has 1 amide bonds. The summed E-state index contributed by atoms with van der Waals surface area (Å²) < 4.78 is 4.10. The number of hydrogen-bond acceptors (Lipinski definition) is 6. The summed E-state index contributed by atoms with van der Waals surface area (Å²) in [6.45, 7) is 5.00. The third-order valence-electron chi connectivity index (χ3n) is 4.13. The number of aromatic nitrogens is 2. The van der Waals surface area contributed by atoms with Crippen LogP contribution in [0.2, 0.25) is 0 Å². The number of aryl methyl sites for hydroxylation is 1. The van der Waals surface area contributed by atoms with Gasteiger partial charge >= 0.3 is 0 Å². The lowest BCUT2D eigenvalue weighted by molar-refractivity contribution is -0.121. The van der Waals surface area contributed by atoms with Crippen LogP contribution >= 0.6 is 11.5 Å². The van der Waals surface area contributed by atoms with E-state index in [9.17, 15) is 4.79 Å². The molecular weight excluding hydrogens is 274 g/mol. The second kappa shape index (κ2) is 6.15. The lowest BCUT2D eigenvalue weighted by Crippen LogP contribution is -2.49. The maximum absolute atomic E-state index is 12.4. The van der Waals surface area contributed by atoms with Crippen molar-refractivity contribution in [3.8, 4) is 0 Å². The molecule has 0 bridgehead atoms. The Bertz CT molecular complexity index is 471. The number of rotatable bonds is 3. The maximum atomic E-state index is 12.4. The highest BCUT2D eigenvalue weighted by atomic mass is 32.1. The van der Waals surface area contributed by atoms with Crippen molar-refractivity contribution in [2.45, 2.75) is 44.7 Å². The highest BCUT2D eigenvalue weighted by Gasteiger charge is 2.35. The molecule has 0 aliphatic carbocycles. The van der Waals surface area contributed by atoms with E-state index in [4.69, 9.17) is 0 Å². The van der Waals surface area contributed by atoms with Gasteiger partial charge in [-0.1, -0.05) is 0 Å². The van der Waals surface area contributed by atoms with Gasteiger partial charge in [0, 0.05) is 17.6 Å². The molecule has 2 saturated heterocycles. The fourth-order valence-corrected chi connectivity index (χ4v) is 3.76. The molecule has 2 aliphatic heterocycles. The highest BCUT2D eigenvalue weighted by Crippen LogP contribution is 2.25. The van der Waals surface area contributed by atoms with Crippen LogP contribution in [0.25, 0.3) is 0 Å². The third kappa shape index (κ3) is 2.99. The lowest BCUT2D eigenvalue weighted by Gasteiger charge is -2.34. The molecule has 6 nitrogen and oxygen atoms in total. The van der Waals surface area contributed by atoms with Crippen molar-refractivity contribution in [2.24, 2.45) is 0 Å². The summed E-state index contributed by atoms with van der Waals surface area (Å²) in [7, 11) is 0. The molecule has 2 aliphatic rings. The van der Waals surface area contributed by atoms with Crippen molar-refractivity contribution in [1.29, 1.82) is 0 Å². The molecule has 2 N–H and O–H groups in total. The minimum Gasteiger partial charge on any atom is -0.317 e. The Labute approximate surface area is 123 Å². The molecule has 1 aromatic rings. The molecule has 3 rings (SSSR count). The van der Waals surface area contributed by atoms with Crippen molar-refractivity contribution in [2.75, 3.05) is 25.0 Å². The molecule has 20 heavy (non-hydrogen) atoms. The van der Waals surface area contributed by atoms with Crippen LogP contribution in [0, 0.1) is 6.92 Å². The Morgan fingerprint density at radius 1 is 1.40 bits per heavy atom. The van der Waals surface area contributed by atoms with Crippen molar-refractivity contribution in [3.05, 3.63) is 5.82 Å². The van der Waals surface area contributed by atoms with Crippen LogP contribution in [0.4, 0.5) is 5.13 Å². The Hall–Kier alpha value is -1.05. The first-order chi connectivity index (χ1) is 9.74. The summed E-state index contributed by atoms with van der Waals surface area (Å²) in [5, 5.41) is 6.92. The summed E-state index contributed by atoms with van der Waals surface area (Å²) in [5.41, 5.74) is 0. The molecule has 1 unspecified atom stereocenters. The van der Waals surface area contributed by atoms with E-state index < -0.39 is 0 Å². The normalized spacial score (nSPS) is 24.9. The van der Waals surface area contributed by atoms with E-state index in [0.29, 0.717) is 17.0 Å². The van der Waals surface area contributed by atoms with Gasteiger partial charge in [-0.25, -0.2) is 4.98 Å². The van der Waals surface area contributed by atoms with Crippen LogP contribution in [0.1, 0.15) is 31.5 Å². The van der Waals surface area contributed by atoms with Crippen LogP contribution in [0.15, 0.2) is 0 Å². The Kier molecular flexibility index (Phi) is 4.28. The molecule has 0 saturated carbocycles. The monoisotopic (exact) mass is 295 g/mol. The van der Waals surface area contributed by atoms with Crippen LogP contribution in [0.3, 0.4) is 0 Å². The van der Waals surface area contributed by atoms with Crippen LogP contribution in [-0.4, -0.2) is 51.9 Å². The first-order valence-electron chi connectivity index (χ1n) is 7.31. The zero-order chi connectivity index (χ0) is 13.9. The first kappa shape index (κ1) is 13.9. The molecule has 0 aromatic carbocycles. The van der Waals surface area contributed by atoms with Gasteiger partial charge in [-0.2, -0.15) is 4.37 Å². The second-order valence-electron chi connectivity index (χ2n) is 5.51. The molecule has 1 aromatic heterocycles. The van der Waals surface area contributed by atoms with Gasteiger partial charge in [0.15, 0.2) is 0 Å². The van der Waals surface area contributed by atoms with Gasteiger partial charge in [-0.05, 0) is 52.2 Å². The number of carbonyl (C=O) groups is 1. The van der Waals surface area contributed by atoms with Gasteiger partial charge < -0.3 is 5.32 Å². The molecule has 110 valence electrons. The van der Waals surface area contributed by atoms with Gasteiger partial charge in [0.1, 0.15) is 5.82 Å². The Morgan fingerprint density at radius 2 is 2.20 bits per heavy atom. The van der Waals surface area contributed by atoms with Crippen LogP contribution < -0.4 is 10.6 Å². The summed E-state index contributed by atoms with van der Waals surface area (Å²) in [6.07, 6.45) is 4.34. The fraction of sp³-hybridized carbons (Fsp3) is 0.769. The molecule has 0 spiro atoms. The molecule has 7 heteroatoms. The predicted octanol–water partition coefficient (Wildman–Crippen LogP) is 1.00. The summed E-state index contributed by atoms with van der Waals surface area (Å²) in [5.74, 6) is 0.795. The largest absolute Gasteiger partial charge is 0.317 e. The van der Waals surface area contributed by atoms with Gasteiger partial charge in [0.25, 0.3) is 0 Å². The standard InChI is InChI=1S/C13H21N5OS/c1-9-15-13(20-17-9)16-12(19)11-3-2-8-18(11)10-4-6-14-7-5-10/h10-11,14H,2-8H2,1H3,(H,15,16,17,19). The average Bonchev–Trinajstić information content (AvgIpc) is 3.09. The number of anilines is 1. The van der Waals surface area contributed by atoms with Crippen LogP contribution in [0.5, 0.6) is 0 Å². The van der Waals surface area contributed by atoms with Crippen molar-refractivity contribution in [1.82, 2.24) is 19.6 Å². The average molecular weight is 295 g/mol. The van der Waals surface area contributed by atoms with E-state index in [1.807, 2.05) is 6.92 Å². The van der Waals surface area contributed by atoms with E-state index >= 15 is 0 Å². The predicted molar refractivity (Wildman–Crippen MR) is 78.9 cm³/mol. The summed E-state index contributed by atoms with van der Waals surface area (Å²) in [6, 6.07) is 0.549. The number of piperidine rings is 1. The lowest BCUT2D eigenvalue weighted by atomic mass is 10.0. The van der Waals surface area contributed by atoms with Crippen molar-refractivity contribution >= 4 is 22.6 Å². The highest BCUT2D eigenvalue weighted by molar-refractivity contribution is 7.09. The molecule has 1 atom stereocenters. The number of likely N-dealkylation sites (tertiary alicyclic amines) is 1. The van der Waals surface area contributed by atoms with Crippen LogP contribution in [-0.2, 0) is 4.79 Å². The quantitative estimate of drug-likeness (QED) is 0.870.